The van der Waals surface area contributed by atoms with Crippen molar-refractivity contribution in [3.05, 3.63) is 44.9 Å². The third-order valence-electron chi connectivity index (χ3n) is 7.53. The zero-order valence-corrected chi connectivity index (χ0v) is 21.6. The Balaban J connectivity index is 1.16. The number of pyridine rings is 1. The van der Waals surface area contributed by atoms with Gasteiger partial charge < -0.3 is 9.64 Å². The van der Waals surface area contributed by atoms with Crippen LogP contribution in [-0.2, 0) is 33.2 Å². The van der Waals surface area contributed by atoms with Crippen molar-refractivity contribution in [2.75, 3.05) is 19.7 Å². The first-order valence-electron chi connectivity index (χ1n) is 11.9. The number of nitrogens with one attached hydrogen (secondary N) is 1. The summed E-state index contributed by atoms with van der Waals surface area (Å²) in [6.07, 6.45) is 8.72. The van der Waals surface area contributed by atoms with Gasteiger partial charge in [0.15, 0.2) is 0 Å². The van der Waals surface area contributed by atoms with Crippen LogP contribution in [0.25, 0.3) is 0 Å². The minimum Gasteiger partial charge on any atom is -0.370 e. The highest BCUT2D eigenvalue weighted by Crippen LogP contribution is 2.46. The normalized spacial score (nSPS) is 30.2. The van der Waals surface area contributed by atoms with Crippen molar-refractivity contribution in [1.82, 2.24) is 14.6 Å². The number of rotatable bonds is 6. The minimum absolute atomic E-state index is 0.0368. The fraction of sp³-hybridized carbons (Fsp3) is 0.625. The van der Waals surface area contributed by atoms with E-state index in [-0.39, 0.29) is 21.6 Å². The first-order chi connectivity index (χ1) is 15.8. The third-order valence-corrected chi connectivity index (χ3v) is 10.9. The second-order valence-electron chi connectivity index (χ2n) is 9.76. The molecule has 6 nitrogen and oxygen atoms in total. The van der Waals surface area contributed by atoms with Crippen molar-refractivity contribution in [3.63, 3.8) is 0 Å². The average molecular weight is 510 g/mol. The van der Waals surface area contributed by atoms with Gasteiger partial charge in [-0.15, -0.1) is 11.3 Å². The molecule has 0 radical (unpaired) electrons. The molecule has 9 heteroatoms. The van der Waals surface area contributed by atoms with E-state index in [0.29, 0.717) is 12.0 Å². The molecule has 0 bridgehead atoms. The Morgan fingerprint density at radius 2 is 2.21 bits per heavy atom. The maximum absolute atomic E-state index is 12.6. The van der Waals surface area contributed by atoms with Crippen molar-refractivity contribution in [2.24, 2.45) is 5.92 Å². The summed E-state index contributed by atoms with van der Waals surface area (Å²) < 4.78 is 34.6. The summed E-state index contributed by atoms with van der Waals surface area (Å²) in [5.41, 5.74) is 1.34. The lowest BCUT2D eigenvalue weighted by molar-refractivity contribution is -0.114. The Hall–Kier alpha value is -1.03. The second-order valence-corrected chi connectivity index (χ2v) is 13.1. The molecule has 0 amide bonds. The van der Waals surface area contributed by atoms with Crippen LogP contribution in [0.15, 0.2) is 29.4 Å². The highest BCUT2D eigenvalue weighted by Gasteiger charge is 2.45. The van der Waals surface area contributed by atoms with Crippen LogP contribution in [-0.4, -0.2) is 50.1 Å². The fourth-order valence-corrected chi connectivity index (χ4v) is 8.57. The molecule has 180 valence electrons. The number of hydrogen-bond donors (Lipinski definition) is 1. The smallest absolute Gasteiger partial charge is 0.243 e. The van der Waals surface area contributed by atoms with Gasteiger partial charge in [-0.2, -0.15) is 0 Å². The quantitative estimate of drug-likeness (QED) is 0.626. The molecule has 2 aromatic rings. The Labute approximate surface area is 205 Å². The number of sulfonamides is 1. The molecule has 33 heavy (non-hydrogen) atoms. The predicted molar refractivity (Wildman–Crippen MR) is 131 cm³/mol. The zero-order chi connectivity index (χ0) is 23.2. The number of ether oxygens (including phenoxy) is 1. The lowest BCUT2D eigenvalue weighted by Crippen LogP contribution is -2.54. The number of thiophene rings is 1. The van der Waals surface area contributed by atoms with E-state index in [2.05, 4.69) is 34.5 Å². The van der Waals surface area contributed by atoms with Gasteiger partial charge in [0, 0.05) is 53.7 Å². The van der Waals surface area contributed by atoms with Gasteiger partial charge in [-0.05, 0) is 62.6 Å². The third kappa shape index (κ3) is 4.62. The van der Waals surface area contributed by atoms with Gasteiger partial charge in [-0.3, -0.25) is 4.98 Å². The van der Waals surface area contributed by atoms with E-state index in [0.717, 1.165) is 58.2 Å². The molecule has 4 heterocycles. The first-order valence-corrected chi connectivity index (χ1v) is 14.6. The average Bonchev–Trinajstić information content (AvgIpc) is 3.19. The van der Waals surface area contributed by atoms with Crippen molar-refractivity contribution < 1.29 is 13.2 Å². The molecular weight excluding hydrogens is 478 g/mol. The molecule has 3 aliphatic rings. The molecule has 1 aliphatic carbocycles. The number of aryl methyl sites for hydroxylation is 1. The molecule has 0 aromatic carbocycles. The summed E-state index contributed by atoms with van der Waals surface area (Å²) in [4.78, 5) is 9.52. The number of fused-ring (bicyclic) bond motifs is 2. The summed E-state index contributed by atoms with van der Waals surface area (Å²) in [5.74, 6) is 0.509. The molecule has 0 unspecified atom stereocenters. The van der Waals surface area contributed by atoms with Gasteiger partial charge in [-0.1, -0.05) is 18.5 Å². The van der Waals surface area contributed by atoms with E-state index >= 15 is 0 Å². The zero-order valence-electron chi connectivity index (χ0n) is 19.2. The number of halogens is 1. The van der Waals surface area contributed by atoms with Gasteiger partial charge in [-0.25, -0.2) is 13.1 Å². The Bertz CT molecular complexity index is 1120. The van der Waals surface area contributed by atoms with Gasteiger partial charge in [0.1, 0.15) is 4.90 Å². The number of aromatic nitrogens is 1. The Kier molecular flexibility index (Phi) is 6.61. The van der Waals surface area contributed by atoms with E-state index in [1.165, 1.54) is 33.8 Å². The first kappa shape index (κ1) is 23.7. The van der Waals surface area contributed by atoms with E-state index in [1.807, 2.05) is 11.3 Å². The Morgan fingerprint density at radius 1 is 1.39 bits per heavy atom. The van der Waals surface area contributed by atoms with Crippen molar-refractivity contribution in [1.29, 1.82) is 0 Å². The summed E-state index contributed by atoms with van der Waals surface area (Å²) in [7, 11) is -3.64. The number of nitrogens with zero attached hydrogens (tertiary/aromatic N) is 2. The van der Waals surface area contributed by atoms with Gasteiger partial charge in [0.05, 0.1) is 17.2 Å². The largest absolute Gasteiger partial charge is 0.370 e. The highest BCUT2D eigenvalue weighted by molar-refractivity contribution is 7.89. The van der Waals surface area contributed by atoms with Crippen molar-refractivity contribution in [3.8, 4) is 0 Å². The Morgan fingerprint density at radius 3 is 2.94 bits per heavy atom. The molecule has 1 saturated heterocycles. The van der Waals surface area contributed by atoms with Gasteiger partial charge in [0.25, 0.3) is 0 Å². The molecule has 1 spiro atoms. The van der Waals surface area contributed by atoms with Crippen molar-refractivity contribution >= 4 is 33.0 Å². The van der Waals surface area contributed by atoms with Crippen LogP contribution in [0.4, 0.5) is 0 Å². The standard InChI is InChI=1S/C24H32ClN3O3S2/c1-3-19-12-20-22(32-19)5-9-31-24(20)6-8-28(16(2)13-24)15-17-10-18(11-17)27-33(29,30)23-14-26-7-4-21(23)25/h4,7,12,14,16-18,27H,3,5-6,8-11,13,15H2,1-2H3/t16-,17-,18+,24+/m0/s1. The lowest BCUT2D eigenvalue weighted by atomic mass is 9.77. The molecule has 2 aliphatic heterocycles. The SMILES string of the molecule is CCc1cc2c(s1)CCO[C@@]21CCN(C[C@H]2C[C@@H](NS(=O)(=O)c3cnccc3Cl)C2)[C@@H](C)C1. The van der Waals surface area contributed by atoms with E-state index in [9.17, 15) is 8.42 Å². The van der Waals surface area contributed by atoms with Crippen LogP contribution in [0.2, 0.25) is 5.02 Å². The highest BCUT2D eigenvalue weighted by atomic mass is 35.5. The maximum atomic E-state index is 12.6. The minimum atomic E-state index is -3.64. The van der Waals surface area contributed by atoms with Gasteiger partial charge in [0.2, 0.25) is 10.0 Å². The second kappa shape index (κ2) is 9.21. The molecule has 5 rings (SSSR count). The summed E-state index contributed by atoms with van der Waals surface area (Å²) >= 11 is 8.02. The molecule has 2 atom stereocenters. The maximum Gasteiger partial charge on any atom is 0.243 e. The van der Waals surface area contributed by atoms with Crippen LogP contribution < -0.4 is 4.72 Å². The van der Waals surface area contributed by atoms with Crippen LogP contribution in [0.5, 0.6) is 0 Å². The number of hydrogen-bond acceptors (Lipinski definition) is 6. The summed E-state index contributed by atoms with van der Waals surface area (Å²) in [6, 6.07) is 4.31. The molecular formula is C24H32ClN3O3S2. The van der Waals surface area contributed by atoms with E-state index in [1.54, 1.807) is 0 Å². The molecule has 1 N–H and O–H groups in total. The lowest BCUT2D eigenvalue weighted by Gasteiger charge is -2.49. The van der Waals surface area contributed by atoms with Crippen LogP contribution in [0, 0.1) is 5.92 Å². The van der Waals surface area contributed by atoms with Gasteiger partial charge >= 0.3 is 0 Å². The summed E-state index contributed by atoms with van der Waals surface area (Å²) in [6.45, 7) is 7.41. The summed E-state index contributed by atoms with van der Waals surface area (Å²) in [5, 5.41) is 0.203. The molecule has 1 saturated carbocycles. The molecule has 2 fully saturated rings. The fourth-order valence-electron chi connectivity index (χ4n) is 5.70. The van der Waals surface area contributed by atoms with Crippen LogP contribution in [0.3, 0.4) is 0 Å². The number of likely N-dealkylation sites (tertiary alicyclic amines) is 1. The van der Waals surface area contributed by atoms with E-state index < -0.39 is 10.0 Å². The van der Waals surface area contributed by atoms with Crippen molar-refractivity contribution in [2.45, 2.75) is 75.0 Å². The van der Waals surface area contributed by atoms with E-state index in [4.69, 9.17) is 16.3 Å². The van der Waals surface area contributed by atoms with Crippen LogP contribution >= 0.6 is 22.9 Å². The number of piperidine rings is 1. The topological polar surface area (TPSA) is 71.5 Å². The monoisotopic (exact) mass is 509 g/mol. The predicted octanol–water partition coefficient (Wildman–Crippen LogP) is 4.37. The molecule has 2 aromatic heterocycles. The van der Waals surface area contributed by atoms with Crippen LogP contribution in [0.1, 0.15) is 54.8 Å².